The van der Waals surface area contributed by atoms with E-state index in [4.69, 9.17) is 9.47 Å². The van der Waals surface area contributed by atoms with Crippen LogP contribution in [0.25, 0.3) is 0 Å². The van der Waals surface area contributed by atoms with Crippen molar-refractivity contribution in [3.63, 3.8) is 0 Å². The Morgan fingerprint density at radius 1 is 1.27 bits per heavy atom. The van der Waals surface area contributed by atoms with Gasteiger partial charge in [-0.1, -0.05) is 36.4 Å². The molecule has 2 aromatic rings. The molecule has 1 atom stereocenters. The number of methoxy groups -OCH3 is 1. The third kappa shape index (κ3) is 4.84. The number of carbonyl (C=O) groups excluding carboxylic acids is 1. The summed E-state index contributed by atoms with van der Waals surface area (Å²) in [6.45, 7) is 5.06. The van der Waals surface area contributed by atoms with Crippen LogP contribution in [0.1, 0.15) is 23.7 Å². The molecule has 5 heteroatoms. The molecule has 0 spiro atoms. The van der Waals surface area contributed by atoms with Crippen molar-refractivity contribution >= 4 is 11.6 Å². The number of hydrogen-bond donors (Lipinski definition) is 1. The Hall–Kier alpha value is -2.37. The highest BCUT2D eigenvalue weighted by Crippen LogP contribution is 2.25. The van der Waals surface area contributed by atoms with E-state index < -0.39 is 0 Å². The number of carbonyl (C=O) groups is 1. The van der Waals surface area contributed by atoms with Crippen molar-refractivity contribution in [1.82, 2.24) is 4.90 Å². The van der Waals surface area contributed by atoms with E-state index in [9.17, 15) is 4.79 Å². The molecule has 0 bridgehead atoms. The van der Waals surface area contributed by atoms with Gasteiger partial charge in [0.15, 0.2) is 0 Å². The molecule has 1 fully saturated rings. The van der Waals surface area contributed by atoms with Gasteiger partial charge in [0.25, 0.3) is 0 Å². The molecule has 0 aromatic heterocycles. The number of rotatable bonds is 6. The van der Waals surface area contributed by atoms with Crippen LogP contribution in [0.2, 0.25) is 0 Å². The van der Waals surface area contributed by atoms with Gasteiger partial charge in [0, 0.05) is 26.1 Å². The second-order valence-corrected chi connectivity index (χ2v) is 6.57. The van der Waals surface area contributed by atoms with E-state index >= 15 is 0 Å². The maximum absolute atomic E-state index is 12.4. The lowest BCUT2D eigenvalue weighted by molar-refractivity contribution is -0.117. The maximum Gasteiger partial charge on any atom is 0.225 e. The number of morpholine rings is 1. The lowest BCUT2D eigenvalue weighted by atomic mass is 10.1. The lowest BCUT2D eigenvalue weighted by Gasteiger charge is -2.33. The quantitative estimate of drug-likeness (QED) is 0.864. The van der Waals surface area contributed by atoms with Crippen LogP contribution in [0, 0.1) is 6.92 Å². The molecule has 138 valence electrons. The van der Waals surface area contributed by atoms with Crippen LogP contribution in [-0.2, 0) is 9.53 Å². The molecule has 1 aliphatic heterocycles. The highest BCUT2D eigenvalue weighted by Gasteiger charge is 2.22. The van der Waals surface area contributed by atoms with E-state index in [1.165, 1.54) is 5.56 Å². The fourth-order valence-electron chi connectivity index (χ4n) is 3.17. The smallest absolute Gasteiger partial charge is 0.225 e. The second-order valence-electron chi connectivity index (χ2n) is 6.57. The number of aryl methyl sites for hydroxylation is 1. The van der Waals surface area contributed by atoms with Crippen LogP contribution in [0.5, 0.6) is 5.75 Å². The molecule has 0 aliphatic carbocycles. The van der Waals surface area contributed by atoms with Crippen LogP contribution >= 0.6 is 0 Å². The Balaban J connectivity index is 1.52. The number of ether oxygens (including phenoxy) is 2. The molecule has 1 heterocycles. The van der Waals surface area contributed by atoms with Crippen LogP contribution in [0.4, 0.5) is 5.69 Å². The zero-order chi connectivity index (χ0) is 18.4. The third-order valence-electron chi connectivity index (χ3n) is 4.61. The maximum atomic E-state index is 12.4. The Labute approximate surface area is 154 Å². The highest BCUT2D eigenvalue weighted by atomic mass is 16.5. The van der Waals surface area contributed by atoms with Crippen molar-refractivity contribution in [2.45, 2.75) is 19.4 Å². The van der Waals surface area contributed by atoms with E-state index in [1.54, 1.807) is 7.11 Å². The molecular formula is C21H26N2O3. The predicted octanol–water partition coefficient (Wildman–Crippen LogP) is 3.41. The van der Waals surface area contributed by atoms with E-state index in [-0.39, 0.29) is 12.0 Å². The number of hydrogen-bond acceptors (Lipinski definition) is 4. The van der Waals surface area contributed by atoms with E-state index in [1.807, 2.05) is 43.3 Å². The number of benzene rings is 2. The normalized spacial score (nSPS) is 17.7. The molecule has 1 saturated heterocycles. The second kappa shape index (κ2) is 8.83. The number of nitrogens with one attached hydrogen (secondary N) is 1. The van der Waals surface area contributed by atoms with Crippen molar-refractivity contribution in [2.24, 2.45) is 0 Å². The molecule has 1 aliphatic rings. The summed E-state index contributed by atoms with van der Waals surface area (Å²) in [5.74, 6) is 0.677. The number of amides is 1. The minimum atomic E-state index is -0.00310. The Morgan fingerprint density at radius 2 is 2.08 bits per heavy atom. The first-order valence-corrected chi connectivity index (χ1v) is 8.99. The molecule has 0 unspecified atom stereocenters. The van der Waals surface area contributed by atoms with Crippen LogP contribution in [-0.4, -0.2) is 44.2 Å². The van der Waals surface area contributed by atoms with Gasteiger partial charge in [0.05, 0.1) is 25.5 Å². The molecule has 3 rings (SSSR count). The summed E-state index contributed by atoms with van der Waals surface area (Å²) in [6, 6.07) is 16.0. The SMILES string of the molecule is COc1ccc(C)cc1NC(=O)CCN1CCO[C@@H](c2ccccc2)C1. The molecule has 0 saturated carbocycles. The fourth-order valence-corrected chi connectivity index (χ4v) is 3.17. The summed E-state index contributed by atoms with van der Waals surface area (Å²) in [7, 11) is 1.61. The molecule has 0 radical (unpaired) electrons. The summed E-state index contributed by atoms with van der Waals surface area (Å²) in [5, 5.41) is 2.96. The van der Waals surface area contributed by atoms with E-state index in [0.717, 1.165) is 24.3 Å². The van der Waals surface area contributed by atoms with Gasteiger partial charge in [-0.3, -0.25) is 9.69 Å². The van der Waals surface area contributed by atoms with Gasteiger partial charge in [0.1, 0.15) is 5.75 Å². The summed E-state index contributed by atoms with van der Waals surface area (Å²) in [6.07, 6.45) is 0.517. The van der Waals surface area contributed by atoms with Crippen LogP contribution < -0.4 is 10.1 Å². The van der Waals surface area contributed by atoms with Gasteiger partial charge in [-0.05, 0) is 30.2 Å². The predicted molar refractivity (Wildman–Crippen MR) is 103 cm³/mol. The number of nitrogens with zero attached hydrogens (tertiary/aromatic N) is 1. The standard InChI is InChI=1S/C21H26N2O3/c1-16-8-9-19(25-2)18(14-16)22-21(24)10-11-23-12-13-26-20(15-23)17-6-4-3-5-7-17/h3-9,14,20H,10-13,15H2,1-2H3,(H,22,24)/t20-/m1/s1. The first-order chi connectivity index (χ1) is 12.7. The molecule has 1 N–H and O–H groups in total. The molecular weight excluding hydrogens is 328 g/mol. The molecule has 2 aromatic carbocycles. The van der Waals surface area contributed by atoms with Gasteiger partial charge in [-0.25, -0.2) is 0 Å². The summed E-state index contributed by atoms with van der Waals surface area (Å²) in [5.41, 5.74) is 2.99. The topological polar surface area (TPSA) is 50.8 Å². The lowest BCUT2D eigenvalue weighted by Crippen LogP contribution is -2.39. The van der Waals surface area contributed by atoms with E-state index in [2.05, 4.69) is 22.3 Å². The summed E-state index contributed by atoms with van der Waals surface area (Å²) >= 11 is 0. The van der Waals surface area contributed by atoms with Crippen molar-refractivity contribution in [3.05, 3.63) is 59.7 Å². The zero-order valence-electron chi connectivity index (χ0n) is 15.4. The Morgan fingerprint density at radius 3 is 2.85 bits per heavy atom. The monoisotopic (exact) mass is 354 g/mol. The van der Waals surface area contributed by atoms with Gasteiger partial charge in [0.2, 0.25) is 5.91 Å². The van der Waals surface area contributed by atoms with Crippen molar-refractivity contribution in [1.29, 1.82) is 0 Å². The minimum Gasteiger partial charge on any atom is -0.495 e. The molecule has 5 nitrogen and oxygen atoms in total. The number of anilines is 1. The van der Waals surface area contributed by atoms with Crippen molar-refractivity contribution in [2.75, 3.05) is 38.7 Å². The third-order valence-corrected chi connectivity index (χ3v) is 4.61. The van der Waals surface area contributed by atoms with Gasteiger partial charge in [-0.15, -0.1) is 0 Å². The first-order valence-electron chi connectivity index (χ1n) is 8.99. The Bertz CT molecular complexity index is 733. The van der Waals surface area contributed by atoms with Crippen molar-refractivity contribution < 1.29 is 14.3 Å². The average molecular weight is 354 g/mol. The van der Waals surface area contributed by atoms with Gasteiger partial charge in [-0.2, -0.15) is 0 Å². The van der Waals surface area contributed by atoms with Gasteiger partial charge >= 0.3 is 0 Å². The summed E-state index contributed by atoms with van der Waals surface area (Å²) in [4.78, 5) is 14.6. The molecule has 1 amide bonds. The van der Waals surface area contributed by atoms with Crippen LogP contribution in [0.15, 0.2) is 48.5 Å². The Kier molecular flexibility index (Phi) is 6.26. The largest absolute Gasteiger partial charge is 0.495 e. The minimum absolute atomic E-state index is 0.00310. The summed E-state index contributed by atoms with van der Waals surface area (Å²) < 4.78 is 11.2. The average Bonchev–Trinajstić information content (AvgIpc) is 2.67. The van der Waals surface area contributed by atoms with Crippen molar-refractivity contribution in [3.8, 4) is 5.75 Å². The molecule has 26 heavy (non-hydrogen) atoms. The fraction of sp³-hybridized carbons (Fsp3) is 0.381. The highest BCUT2D eigenvalue weighted by molar-refractivity contribution is 5.92. The van der Waals surface area contributed by atoms with Gasteiger partial charge < -0.3 is 14.8 Å². The van der Waals surface area contributed by atoms with E-state index in [0.29, 0.717) is 25.3 Å². The van der Waals surface area contributed by atoms with Crippen LogP contribution in [0.3, 0.4) is 0 Å². The zero-order valence-corrected chi connectivity index (χ0v) is 15.4. The first kappa shape index (κ1) is 18.4.